The zero-order valence-corrected chi connectivity index (χ0v) is 17.3. The van der Waals surface area contributed by atoms with Crippen LogP contribution in [0.3, 0.4) is 0 Å². The van der Waals surface area contributed by atoms with Crippen LogP contribution in [0.2, 0.25) is 0 Å². The summed E-state index contributed by atoms with van der Waals surface area (Å²) in [7, 11) is 3.81. The van der Waals surface area contributed by atoms with Gasteiger partial charge in [-0.05, 0) is 26.2 Å². The molecule has 2 heterocycles. The van der Waals surface area contributed by atoms with E-state index in [4.69, 9.17) is 4.74 Å². The summed E-state index contributed by atoms with van der Waals surface area (Å²) >= 11 is 0. The summed E-state index contributed by atoms with van der Waals surface area (Å²) < 4.78 is 7.44. The minimum atomic E-state index is 0.499. The molecule has 2 N–H and O–H groups in total. The molecule has 0 aromatic carbocycles. The standard InChI is InChI=1S/C19H36N6O/c1-14(2)11-17(25-7-9-26-10-8-25)12-21-19(20-5)22-13-18-15(3)23-24(6)16(18)4/h14,17H,7-13H2,1-6H3,(H2,20,21,22). The van der Waals surface area contributed by atoms with E-state index < -0.39 is 0 Å². The second kappa shape index (κ2) is 9.92. The Bertz CT molecular complexity index is 589. The molecule has 1 atom stereocenters. The molecule has 1 aliphatic rings. The SMILES string of the molecule is CN=C(NCc1c(C)nn(C)c1C)NCC(CC(C)C)N1CCOCC1. The number of hydrogen-bond acceptors (Lipinski definition) is 4. The summed E-state index contributed by atoms with van der Waals surface area (Å²) in [5, 5.41) is 11.4. The molecule has 0 amide bonds. The molecule has 26 heavy (non-hydrogen) atoms. The van der Waals surface area contributed by atoms with Crippen LogP contribution in [0, 0.1) is 19.8 Å². The highest BCUT2D eigenvalue weighted by Gasteiger charge is 2.22. The van der Waals surface area contributed by atoms with Gasteiger partial charge < -0.3 is 15.4 Å². The topological polar surface area (TPSA) is 66.7 Å². The molecule has 0 saturated carbocycles. The monoisotopic (exact) mass is 364 g/mol. The van der Waals surface area contributed by atoms with Gasteiger partial charge in [0, 0.05) is 57.6 Å². The van der Waals surface area contributed by atoms with Crippen molar-refractivity contribution in [3.63, 3.8) is 0 Å². The van der Waals surface area contributed by atoms with Crippen molar-refractivity contribution in [2.45, 2.75) is 46.7 Å². The predicted molar refractivity (Wildman–Crippen MR) is 107 cm³/mol. The zero-order chi connectivity index (χ0) is 19.1. The Morgan fingerprint density at radius 2 is 1.92 bits per heavy atom. The molecule has 0 bridgehead atoms. The number of ether oxygens (including phenoxy) is 1. The number of aryl methyl sites for hydroxylation is 2. The maximum Gasteiger partial charge on any atom is 0.191 e. The number of nitrogens with zero attached hydrogens (tertiary/aromatic N) is 4. The van der Waals surface area contributed by atoms with Crippen LogP contribution in [0.4, 0.5) is 0 Å². The molecular formula is C19H36N6O. The van der Waals surface area contributed by atoms with Gasteiger partial charge in [0.2, 0.25) is 0 Å². The first-order chi connectivity index (χ1) is 12.4. The number of aliphatic imine (C=N–C) groups is 1. The van der Waals surface area contributed by atoms with Gasteiger partial charge in [-0.3, -0.25) is 14.6 Å². The molecule has 148 valence electrons. The van der Waals surface area contributed by atoms with Crippen LogP contribution in [-0.4, -0.2) is 66.6 Å². The summed E-state index contributed by atoms with van der Waals surface area (Å²) in [4.78, 5) is 6.93. The van der Waals surface area contributed by atoms with Gasteiger partial charge in [0.25, 0.3) is 0 Å². The van der Waals surface area contributed by atoms with Crippen molar-refractivity contribution in [2.24, 2.45) is 18.0 Å². The second-order valence-corrected chi connectivity index (χ2v) is 7.51. The third-order valence-electron chi connectivity index (χ3n) is 5.13. The zero-order valence-electron chi connectivity index (χ0n) is 17.3. The molecule has 0 aliphatic carbocycles. The average molecular weight is 365 g/mol. The van der Waals surface area contributed by atoms with Gasteiger partial charge in [-0.1, -0.05) is 13.8 Å². The lowest BCUT2D eigenvalue weighted by molar-refractivity contribution is 0.0132. The molecule has 1 unspecified atom stereocenters. The van der Waals surface area contributed by atoms with Crippen LogP contribution in [-0.2, 0) is 18.3 Å². The smallest absolute Gasteiger partial charge is 0.191 e. The number of rotatable bonds is 7. The van der Waals surface area contributed by atoms with E-state index in [0.29, 0.717) is 12.0 Å². The summed E-state index contributed by atoms with van der Waals surface area (Å²) in [6, 6.07) is 0.499. The van der Waals surface area contributed by atoms with Gasteiger partial charge >= 0.3 is 0 Å². The van der Waals surface area contributed by atoms with Gasteiger partial charge in [0.15, 0.2) is 5.96 Å². The third kappa shape index (κ3) is 5.71. The van der Waals surface area contributed by atoms with Crippen LogP contribution in [0.15, 0.2) is 4.99 Å². The molecule has 0 radical (unpaired) electrons. The first-order valence-electron chi connectivity index (χ1n) is 9.67. The van der Waals surface area contributed by atoms with E-state index in [0.717, 1.165) is 51.0 Å². The van der Waals surface area contributed by atoms with Crippen LogP contribution in [0.1, 0.15) is 37.2 Å². The molecule has 1 saturated heterocycles. The van der Waals surface area contributed by atoms with E-state index in [2.05, 4.69) is 53.3 Å². The fourth-order valence-electron chi connectivity index (χ4n) is 3.53. The summed E-state index contributed by atoms with van der Waals surface area (Å²) in [5.41, 5.74) is 3.50. The molecule has 2 rings (SSSR count). The van der Waals surface area contributed by atoms with E-state index >= 15 is 0 Å². The van der Waals surface area contributed by atoms with Crippen molar-refractivity contribution in [1.29, 1.82) is 0 Å². The Kier molecular flexibility index (Phi) is 7.90. The number of aromatic nitrogens is 2. The van der Waals surface area contributed by atoms with Crippen molar-refractivity contribution in [2.75, 3.05) is 39.9 Å². The molecule has 1 aliphatic heterocycles. The second-order valence-electron chi connectivity index (χ2n) is 7.51. The van der Waals surface area contributed by atoms with E-state index in [1.807, 2.05) is 18.8 Å². The number of hydrogen-bond donors (Lipinski definition) is 2. The van der Waals surface area contributed by atoms with Crippen molar-refractivity contribution >= 4 is 5.96 Å². The van der Waals surface area contributed by atoms with E-state index in [9.17, 15) is 0 Å². The highest BCUT2D eigenvalue weighted by molar-refractivity contribution is 5.79. The summed E-state index contributed by atoms with van der Waals surface area (Å²) in [5.74, 6) is 1.51. The van der Waals surface area contributed by atoms with Gasteiger partial charge in [-0.25, -0.2) is 0 Å². The lowest BCUT2D eigenvalue weighted by Gasteiger charge is -2.35. The minimum absolute atomic E-state index is 0.499. The normalized spacial score (nSPS) is 17.6. The highest BCUT2D eigenvalue weighted by atomic mass is 16.5. The van der Waals surface area contributed by atoms with Gasteiger partial charge in [-0.2, -0.15) is 5.10 Å². The number of nitrogens with one attached hydrogen (secondary N) is 2. The molecular weight excluding hydrogens is 328 g/mol. The fourth-order valence-corrected chi connectivity index (χ4v) is 3.53. The first-order valence-corrected chi connectivity index (χ1v) is 9.67. The first kappa shape index (κ1) is 20.7. The van der Waals surface area contributed by atoms with Gasteiger partial charge in [0.05, 0.1) is 18.9 Å². The van der Waals surface area contributed by atoms with Crippen molar-refractivity contribution in [3.8, 4) is 0 Å². The molecule has 0 spiro atoms. The Balaban J connectivity index is 1.90. The van der Waals surface area contributed by atoms with Gasteiger partial charge in [0.1, 0.15) is 0 Å². The number of guanidine groups is 1. The van der Waals surface area contributed by atoms with Gasteiger partial charge in [-0.15, -0.1) is 0 Å². The lowest BCUT2D eigenvalue weighted by Crippen LogP contribution is -2.51. The quantitative estimate of drug-likeness (QED) is 0.566. The van der Waals surface area contributed by atoms with Crippen LogP contribution >= 0.6 is 0 Å². The maximum absolute atomic E-state index is 5.51. The van der Waals surface area contributed by atoms with Crippen LogP contribution in [0.25, 0.3) is 0 Å². The highest BCUT2D eigenvalue weighted by Crippen LogP contribution is 2.13. The Morgan fingerprint density at radius 1 is 1.23 bits per heavy atom. The van der Waals surface area contributed by atoms with Crippen molar-refractivity contribution < 1.29 is 4.74 Å². The van der Waals surface area contributed by atoms with E-state index in [1.165, 1.54) is 17.7 Å². The largest absolute Gasteiger partial charge is 0.379 e. The molecule has 1 aromatic rings. The molecule has 7 heteroatoms. The predicted octanol–water partition coefficient (Wildman–Crippen LogP) is 1.45. The van der Waals surface area contributed by atoms with Crippen molar-refractivity contribution in [3.05, 3.63) is 17.0 Å². The van der Waals surface area contributed by atoms with Crippen LogP contribution in [0.5, 0.6) is 0 Å². The summed E-state index contributed by atoms with van der Waals surface area (Å²) in [6.45, 7) is 14.0. The minimum Gasteiger partial charge on any atom is -0.379 e. The summed E-state index contributed by atoms with van der Waals surface area (Å²) in [6.07, 6.45) is 1.17. The lowest BCUT2D eigenvalue weighted by atomic mass is 10.0. The third-order valence-corrected chi connectivity index (χ3v) is 5.13. The molecule has 1 fully saturated rings. The van der Waals surface area contributed by atoms with E-state index in [1.54, 1.807) is 0 Å². The van der Waals surface area contributed by atoms with Crippen LogP contribution < -0.4 is 10.6 Å². The fraction of sp³-hybridized carbons (Fsp3) is 0.789. The van der Waals surface area contributed by atoms with E-state index in [-0.39, 0.29) is 0 Å². The Hall–Kier alpha value is -1.60. The van der Waals surface area contributed by atoms with Crippen molar-refractivity contribution in [1.82, 2.24) is 25.3 Å². The number of morpholine rings is 1. The molecule has 7 nitrogen and oxygen atoms in total. The Morgan fingerprint density at radius 3 is 2.46 bits per heavy atom. The molecule has 1 aromatic heterocycles. The Labute approximate surface area is 158 Å². The maximum atomic E-state index is 5.51. The average Bonchev–Trinajstić information content (AvgIpc) is 2.86.